The van der Waals surface area contributed by atoms with Gasteiger partial charge < -0.3 is 79.5 Å². The summed E-state index contributed by atoms with van der Waals surface area (Å²) in [4.78, 5) is 144. The molecule has 0 saturated carbocycles. The molecular weight excluding hydrogens is 768 g/mol. The van der Waals surface area contributed by atoms with Crippen LogP contribution >= 0.6 is 0 Å². The first-order valence-corrected chi connectivity index (χ1v) is 16.9. The third kappa shape index (κ3) is 21.3. The molecule has 0 aromatic carbocycles. The number of hydrogen-bond acceptors (Lipinski definition) is 15. The Labute approximate surface area is 324 Å². The summed E-state index contributed by atoms with van der Waals surface area (Å²) in [5.74, 6) is -10.7. The molecule has 0 aromatic heterocycles. The molecule has 0 heterocycles. The molecule has 11 amide bonds. The minimum absolute atomic E-state index is 0.343. The Hall–Kier alpha value is -6.48. The van der Waals surface area contributed by atoms with Crippen molar-refractivity contribution >= 4 is 70.9 Å². The zero-order chi connectivity index (χ0) is 43.8. The lowest BCUT2D eigenvalue weighted by Crippen LogP contribution is -2.55. The minimum Gasteiger partial charge on any atom is -0.480 e. The standard InChI is InChI=1S/C30H50N12O15/c1-13(37-19(45)5-31)25(51)32-6-20(46)38-15(3)27(53)34-9-23(49)41-17(11-43)29(55)36-8-22(48)40-14(2)26(52)33-7-21(47)39-16(4)28(54)35-10-24(50)42-18(12-44)30(56)57/h13-18,43-44H,5-12,31H2,1-4H3,(H,32,51)(H,33,52)(H,34,53)(H,35,54)(H,36,55)(H,37,45)(H,38,46)(H,39,47)(H,40,48)(H,41,49)(H,42,50)(H,56,57)/t13-,14-,15-,16-,17-,18-/m0/s1. The largest absolute Gasteiger partial charge is 0.480 e. The molecule has 27 heteroatoms. The molecule has 0 radical (unpaired) electrons. The number of nitrogens with one attached hydrogen (secondary N) is 11. The van der Waals surface area contributed by atoms with Gasteiger partial charge in [0.2, 0.25) is 65.0 Å². The minimum atomic E-state index is -1.58. The average molecular weight is 819 g/mol. The highest BCUT2D eigenvalue weighted by Crippen LogP contribution is 1.89. The van der Waals surface area contributed by atoms with Gasteiger partial charge >= 0.3 is 5.97 Å². The van der Waals surface area contributed by atoms with Crippen LogP contribution in [0, 0.1) is 0 Å². The number of hydrogen-bond donors (Lipinski definition) is 15. The van der Waals surface area contributed by atoms with E-state index in [4.69, 9.17) is 15.9 Å². The Kier molecular flexibility index (Phi) is 23.4. The van der Waals surface area contributed by atoms with Gasteiger partial charge in [-0.2, -0.15) is 0 Å². The Morgan fingerprint density at radius 3 is 0.912 bits per heavy atom. The molecule has 0 aromatic rings. The first-order valence-electron chi connectivity index (χ1n) is 16.9. The second-order valence-electron chi connectivity index (χ2n) is 11.9. The smallest absolute Gasteiger partial charge is 0.328 e. The molecule has 0 aliphatic carbocycles. The Balaban J connectivity index is 4.57. The summed E-state index contributed by atoms with van der Waals surface area (Å²) < 4.78 is 0. The van der Waals surface area contributed by atoms with Gasteiger partial charge in [-0.3, -0.25) is 52.7 Å². The second kappa shape index (κ2) is 26.3. The summed E-state index contributed by atoms with van der Waals surface area (Å²) in [6.45, 7) is -0.292. The van der Waals surface area contributed by atoms with Crippen molar-refractivity contribution in [3.63, 3.8) is 0 Å². The first kappa shape index (κ1) is 50.5. The predicted molar refractivity (Wildman–Crippen MR) is 190 cm³/mol. The van der Waals surface area contributed by atoms with Gasteiger partial charge in [0.25, 0.3) is 0 Å². The van der Waals surface area contributed by atoms with Gasteiger partial charge in [-0.05, 0) is 27.7 Å². The SMILES string of the molecule is C[C@H](NC(=O)CN)C(=O)NCC(=O)N[C@@H](C)C(=O)NCC(=O)N[C@@H](CO)C(=O)NCC(=O)N[C@@H](C)C(=O)NCC(=O)N[C@@H](C)C(=O)NCC(=O)N[C@@H](CO)C(=O)O. The van der Waals surface area contributed by atoms with Crippen LogP contribution in [0.5, 0.6) is 0 Å². The number of aliphatic hydroxyl groups excluding tert-OH is 2. The summed E-state index contributed by atoms with van der Waals surface area (Å²) in [5.41, 5.74) is 5.15. The van der Waals surface area contributed by atoms with Crippen molar-refractivity contribution in [1.82, 2.24) is 58.5 Å². The molecule has 0 spiro atoms. The van der Waals surface area contributed by atoms with Gasteiger partial charge in [0, 0.05) is 0 Å². The van der Waals surface area contributed by atoms with Crippen LogP contribution in [0.4, 0.5) is 0 Å². The Morgan fingerprint density at radius 2 is 0.649 bits per heavy atom. The Morgan fingerprint density at radius 1 is 0.404 bits per heavy atom. The van der Waals surface area contributed by atoms with Crippen LogP contribution in [0.2, 0.25) is 0 Å². The van der Waals surface area contributed by atoms with E-state index < -0.39 is 153 Å². The first-order chi connectivity index (χ1) is 26.6. The maximum atomic E-state index is 12.4. The van der Waals surface area contributed by atoms with Gasteiger partial charge in [-0.15, -0.1) is 0 Å². The summed E-state index contributed by atoms with van der Waals surface area (Å²) in [6.07, 6.45) is 0. The van der Waals surface area contributed by atoms with Crippen LogP contribution in [0.1, 0.15) is 27.7 Å². The number of carbonyl (C=O) groups excluding carboxylic acids is 11. The molecule has 0 saturated heterocycles. The van der Waals surface area contributed by atoms with E-state index in [0.29, 0.717) is 0 Å². The van der Waals surface area contributed by atoms with Crippen LogP contribution in [0.25, 0.3) is 0 Å². The lowest BCUT2D eigenvalue weighted by Gasteiger charge is -2.18. The van der Waals surface area contributed by atoms with Crippen LogP contribution in [-0.4, -0.2) is 175 Å². The monoisotopic (exact) mass is 818 g/mol. The molecule has 0 rings (SSSR count). The quantitative estimate of drug-likeness (QED) is 0.0407. The highest BCUT2D eigenvalue weighted by molar-refractivity contribution is 5.96. The van der Waals surface area contributed by atoms with E-state index in [1.165, 1.54) is 27.7 Å². The fourth-order valence-electron chi connectivity index (χ4n) is 3.88. The van der Waals surface area contributed by atoms with E-state index in [0.717, 1.165) is 0 Å². The maximum absolute atomic E-state index is 12.4. The topological polar surface area (TPSA) is 424 Å². The van der Waals surface area contributed by atoms with E-state index in [-0.39, 0.29) is 6.54 Å². The lowest BCUT2D eigenvalue weighted by molar-refractivity contribution is -0.143. The summed E-state index contributed by atoms with van der Waals surface area (Å²) in [5, 5.41) is 51.3. The molecule has 0 fully saturated rings. The third-order valence-electron chi connectivity index (χ3n) is 7.03. The molecule has 0 aliphatic rings. The number of rotatable bonds is 25. The fourth-order valence-corrected chi connectivity index (χ4v) is 3.88. The van der Waals surface area contributed by atoms with Crippen molar-refractivity contribution in [2.24, 2.45) is 5.73 Å². The summed E-state index contributed by atoms with van der Waals surface area (Å²) in [6, 6.07) is -7.75. The molecular formula is C30H50N12O15. The number of carboxylic acid groups (broad SMARTS) is 1. The van der Waals surface area contributed by atoms with E-state index in [9.17, 15) is 62.6 Å². The van der Waals surface area contributed by atoms with Crippen molar-refractivity contribution in [3.05, 3.63) is 0 Å². The van der Waals surface area contributed by atoms with Crippen LogP contribution in [-0.2, 0) is 57.5 Å². The maximum Gasteiger partial charge on any atom is 0.328 e. The average Bonchev–Trinajstić information content (AvgIpc) is 3.16. The van der Waals surface area contributed by atoms with E-state index in [2.05, 4.69) is 53.2 Å². The molecule has 0 bridgehead atoms. The molecule has 27 nitrogen and oxygen atoms in total. The van der Waals surface area contributed by atoms with Gasteiger partial charge in [0.15, 0.2) is 0 Å². The third-order valence-corrected chi connectivity index (χ3v) is 7.03. The van der Waals surface area contributed by atoms with Gasteiger partial charge in [-0.1, -0.05) is 0 Å². The normalized spacial score (nSPS) is 13.5. The fraction of sp³-hybridized carbons (Fsp3) is 0.600. The molecule has 0 unspecified atom stereocenters. The summed E-state index contributed by atoms with van der Waals surface area (Å²) >= 11 is 0. The molecule has 6 atom stereocenters. The molecule has 320 valence electrons. The highest BCUT2D eigenvalue weighted by atomic mass is 16.4. The van der Waals surface area contributed by atoms with Crippen molar-refractivity contribution in [2.45, 2.75) is 63.9 Å². The molecule has 57 heavy (non-hydrogen) atoms. The summed E-state index contributed by atoms with van der Waals surface area (Å²) in [7, 11) is 0. The van der Waals surface area contributed by atoms with Gasteiger partial charge in [-0.25, -0.2) is 4.79 Å². The second-order valence-corrected chi connectivity index (χ2v) is 11.9. The zero-order valence-corrected chi connectivity index (χ0v) is 31.4. The number of carboxylic acids is 1. The van der Waals surface area contributed by atoms with E-state index in [1.807, 2.05) is 5.32 Å². The van der Waals surface area contributed by atoms with E-state index >= 15 is 0 Å². The number of carbonyl (C=O) groups is 12. The van der Waals surface area contributed by atoms with Crippen molar-refractivity contribution in [3.8, 4) is 0 Å². The highest BCUT2D eigenvalue weighted by Gasteiger charge is 2.25. The van der Waals surface area contributed by atoms with Gasteiger partial charge in [0.1, 0.15) is 36.3 Å². The molecule has 16 N–H and O–H groups in total. The van der Waals surface area contributed by atoms with Crippen LogP contribution in [0.15, 0.2) is 0 Å². The van der Waals surface area contributed by atoms with Crippen LogP contribution < -0.4 is 64.2 Å². The van der Waals surface area contributed by atoms with Gasteiger partial charge in [0.05, 0.1) is 52.5 Å². The number of aliphatic hydroxyl groups is 2. The van der Waals surface area contributed by atoms with E-state index in [1.54, 1.807) is 0 Å². The number of nitrogens with two attached hydrogens (primary N) is 1. The zero-order valence-electron chi connectivity index (χ0n) is 31.4. The Bertz CT molecular complexity index is 1510. The lowest BCUT2D eigenvalue weighted by atomic mass is 10.2. The van der Waals surface area contributed by atoms with Crippen molar-refractivity contribution in [1.29, 1.82) is 0 Å². The predicted octanol–water partition coefficient (Wildman–Crippen LogP) is -10.4. The number of aliphatic carboxylic acids is 1. The van der Waals surface area contributed by atoms with Crippen molar-refractivity contribution in [2.75, 3.05) is 52.5 Å². The van der Waals surface area contributed by atoms with Crippen molar-refractivity contribution < 1.29 is 72.9 Å². The number of amides is 11. The van der Waals surface area contributed by atoms with Crippen LogP contribution in [0.3, 0.4) is 0 Å². The molecule has 0 aliphatic heterocycles.